The molecule has 0 aromatic heterocycles. The van der Waals surface area contributed by atoms with Crippen LogP contribution < -0.4 is 4.74 Å². The molecule has 6 nitrogen and oxygen atoms in total. The van der Waals surface area contributed by atoms with Crippen molar-refractivity contribution in [2.24, 2.45) is 4.99 Å². The van der Waals surface area contributed by atoms with E-state index in [0.29, 0.717) is 35.4 Å². The first-order valence-corrected chi connectivity index (χ1v) is 11.2. The molecule has 1 saturated heterocycles. The Kier molecular flexibility index (Phi) is 8.25. The number of amidine groups is 1. The number of thioether (sulfide) groups is 1. The quantitative estimate of drug-likeness (QED) is 0.374. The highest BCUT2D eigenvalue weighted by molar-refractivity contribution is 8.13. The zero-order valence-electron chi connectivity index (χ0n) is 18.4. The van der Waals surface area contributed by atoms with Gasteiger partial charge in [-0.3, -0.25) is 9.89 Å². The molecule has 1 fully saturated rings. The number of hydrogen-bond donors (Lipinski definition) is 1. The third kappa shape index (κ3) is 7.13. The number of piperazine rings is 1. The maximum absolute atomic E-state index is 13.0. The number of ether oxygens (including phenoxy) is 1. The van der Waals surface area contributed by atoms with Crippen molar-refractivity contribution in [3.05, 3.63) is 59.7 Å². The van der Waals surface area contributed by atoms with Crippen molar-refractivity contribution in [2.45, 2.75) is 30.6 Å². The molecule has 0 radical (unpaired) electrons. The summed E-state index contributed by atoms with van der Waals surface area (Å²) in [4.78, 5) is 19.9. The fraction of sp³-hybridized carbons (Fsp3) is 0.391. The van der Waals surface area contributed by atoms with Crippen LogP contribution in [0.5, 0.6) is 5.75 Å². The van der Waals surface area contributed by atoms with Crippen LogP contribution in [0.1, 0.15) is 18.1 Å². The molecule has 3 rings (SSSR count). The van der Waals surface area contributed by atoms with E-state index in [1.54, 1.807) is 19.2 Å². The van der Waals surface area contributed by atoms with Crippen LogP contribution in [-0.2, 0) is 17.5 Å². The second-order valence-electron chi connectivity index (χ2n) is 7.73. The summed E-state index contributed by atoms with van der Waals surface area (Å²) in [5.41, 5.74) is 0.344. The average molecular weight is 482 g/mol. The topological polar surface area (TPSA) is 65.4 Å². The van der Waals surface area contributed by atoms with E-state index >= 15 is 0 Å². The molecule has 10 heteroatoms. The number of halogens is 3. The van der Waals surface area contributed by atoms with E-state index in [4.69, 9.17) is 9.84 Å². The summed E-state index contributed by atoms with van der Waals surface area (Å²) in [7, 11) is 1.65. The molecule has 2 aromatic carbocycles. The van der Waals surface area contributed by atoms with E-state index < -0.39 is 17.7 Å². The van der Waals surface area contributed by atoms with Crippen molar-refractivity contribution in [2.75, 3.05) is 33.3 Å². The van der Waals surface area contributed by atoms with Gasteiger partial charge in [0.05, 0.1) is 5.56 Å². The molecular weight excluding hydrogens is 455 g/mol. The van der Waals surface area contributed by atoms with E-state index in [1.807, 2.05) is 18.2 Å². The number of carboxylic acid groups (broad SMARTS) is 1. The predicted octanol–water partition coefficient (Wildman–Crippen LogP) is 4.45. The van der Waals surface area contributed by atoms with Crippen molar-refractivity contribution < 1.29 is 27.8 Å². The van der Waals surface area contributed by atoms with Gasteiger partial charge in [-0.25, -0.2) is 4.79 Å². The van der Waals surface area contributed by atoms with Crippen LogP contribution in [0.2, 0.25) is 0 Å². The summed E-state index contributed by atoms with van der Waals surface area (Å²) in [6.07, 6.45) is -4.38. The van der Waals surface area contributed by atoms with Crippen molar-refractivity contribution >= 4 is 22.9 Å². The summed E-state index contributed by atoms with van der Waals surface area (Å²) in [6.45, 7) is 4.52. The van der Waals surface area contributed by atoms with Crippen molar-refractivity contribution in [1.82, 2.24) is 9.80 Å². The number of aliphatic carboxylic acids is 1. The molecule has 178 valence electrons. The lowest BCUT2D eigenvalue weighted by Crippen LogP contribution is -2.52. The summed E-state index contributed by atoms with van der Waals surface area (Å²) in [5.74, 6) is -0.513. The molecule has 1 unspecified atom stereocenters. The SMILES string of the molecule is C/N=C(\Sc1cccc(C(F)(F)F)c1)N1CCN(Cc2cccc(OCC(=O)O)c2)C(C)C1. The third-order valence-electron chi connectivity index (χ3n) is 5.24. The second kappa shape index (κ2) is 10.9. The molecule has 1 aliphatic heterocycles. The fourth-order valence-electron chi connectivity index (χ4n) is 3.61. The lowest BCUT2D eigenvalue weighted by molar-refractivity contribution is -0.139. The van der Waals surface area contributed by atoms with E-state index in [1.165, 1.54) is 17.8 Å². The molecule has 1 heterocycles. The smallest absolute Gasteiger partial charge is 0.416 e. The Morgan fingerprint density at radius 2 is 1.97 bits per heavy atom. The van der Waals surface area contributed by atoms with Gasteiger partial charge >= 0.3 is 12.1 Å². The van der Waals surface area contributed by atoms with E-state index in [2.05, 4.69) is 21.7 Å². The minimum absolute atomic E-state index is 0.182. The van der Waals surface area contributed by atoms with Crippen LogP contribution in [-0.4, -0.2) is 65.4 Å². The first kappa shape index (κ1) is 24.9. The number of nitrogens with zero attached hydrogens (tertiary/aromatic N) is 3. The first-order chi connectivity index (χ1) is 15.7. The molecule has 0 saturated carbocycles. The minimum Gasteiger partial charge on any atom is -0.482 e. The number of alkyl halides is 3. The van der Waals surface area contributed by atoms with Gasteiger partial charge < -0.3 is 14.7 Å². The van der Waals surface area contributed by atoms with Gasteiger partial charge in [0.25, 0.3) is 0 Å². The standard InChI is InChI=1S/C23H26F3N3O3S/c1-16-13-29(22(27-2)33-20-8-4-6-18(12-20)23(24,25)26)10-9-28(16)14-17-5-3-7-19(11-17)32-15-21(30)31/h3-8,11-12,16H,9-10,13-15H2,1-2H3,(H,30,31)/b27-22-. The highest BCUT2D eigenvalue weighted by Crippen LogP contribution is 2.33. The van der Waals surface area contributed by atoms with Crippen LogP contribution >= 0.6 is 11.8 Å². The van der Waals surface area contributed by atoms with Gasteiger partial charge in [-0.05, 0) is 42.8 Å². The van der Waals surface area contributed by atoms with Crippen LogP contribution in [0.15, 0.2) is 58.4 Å². The molecule has 0 aliphatic carbocycles. The number of aliphatic imine (C=N–C) groups is 1. The molecule has 2 aromatic rings. The van der Waals surface area contributed by atoms with Gasteiger partial charge in [0, 0.05) is 44.2 Å². The molecular formula is C23H26F3N3O3S. The average Bonchev–Trinajstić information content (AvgIpc) is 2.77. The van der Waals surface area contributed by atoms with Gasteiger partial charge in [0.15, 0.2) is 11.8 Å². The highest BCUT2D eigenvalue weighted by Gasteiger charge is 2.31. The predicted molar refractivity (Wildman–Crippen MR) is 122 cm³/mol. The first-order valence-electron chi connectivity index (χ1n) is 10.4. The van der Waals surface area contributed by atoms with Crippen molar-refractivity contribution in [3.63, 3.8) is 0 Å². The van der Waals surface area contributed by atoms with E-state index in [0.717, 1.165) is 24.2 Å². The number of hydrogen-bond acceptors (Lipinski definition) is 5. The van der Waals surface area contributed by atoms with Crippen LogP contribution in [0.4, 0.5) is 13.2 Å². The third-order valence-corrected chi connectivity index (χ3v) is 6.36. The Hall–Kier alpha value is -2.72. The molecule has 1 atom stereocenters. The Bertz CT molecular complexity index is 1000. The normalized spacial score (nSPS) is 17.8. The lowest BCUT2D eigenvalue weighted by atomic mass is 10.1. The lowest BCUT2D eigenvalue weighted by Gasteiger charge is -2.41. The summed E-state index contributed by atoms with van der Waals surface area (Å²) >= 11 is 1.24. The zero-order chi connectivity index (χ0) is 24.0. The summed E-state index contributed by atoms with van der Waals surface area (Å²) < 4.78 is 44.3. The summed E-state index contributed by atoms with van der Waals surface area (Å²) in [5, 5.41) is 9.46. The number of carbonyl (C=O) groups is 1. The molecule has 33 heavy (non-hydrogen) atoms. The van der Waals surface area contributed by atoms with Crippen molar-refractivity contribution in [1.29, 1.82) is 0 Å². The Labute approximate surface area is 195 Å². The Morgan fingerprint density at radius 1 is 1.21 bits per heavy atom. The van der Waals surface area contributed by atoms with Gasteiger partial charge in [-0.2, -0.15) is 13.2 Å². The van der Waals surface area contributed by atoms with Gasteiger partial charge in [0.2, 0.25) is 0 Å². The molecule has 0 bridgehead atoms. The zero-order valence-corrected chi connectivity index (χ0v) is 19.2. The monoisotopic (exact) mass is 481 g/mol. The maximum atomic E-state index is 13.0. The van der Waals surface area contributed by atoms with Crippen LogP contribution in [0, 0.1) is 0 Å². The van der Waals surface area contributed by atoms with Gasteiger partial charge in [-0.15, -0.1) is 0 Å². The Morgan fingerprint density at radius 3 is 2.64 bits per heavy atom. The molecule has 0 amide bonds. The summed E-state index contributed by atoms with van der Waals surface area (Å²) in [6, 6.07) is 12.8. The molecule has 1 N–H and O–H groups in total. The molecule has 1 aliphatic rings. The number of carboxylic acids is 1. The van der Waals surface area contributed by atoms with E-state index in [9.17, 15) is 18.0 Å². The van der Waals surface area contributed by atoms with Gasteiger partial charge in [0.1, 0.15) is 5.75 Å². The Balaban J connectivity index is 1.60. The van der Waals surface area contributed by atoms with Crippen molar-refractivity contribution in [3.8, 4) is 5.75 Å². The number of rotatable bonds is 6. The van der Waals surface area contributed by atoms with Gasteiger partial charge in [-0.1, -0.05) is 30.0 Å². The maximum Gasteiger partial charge on any atom is 0.416 e. The van der Waals surface area contributed by atoms with E-state index in [-0.39, 0.29) is 12.6 Å². The largest absolute Gasteiger partial charge is 0.482 e. The molecule has 0 spiro atoms. The van der Waals surface area contributed by atoms with Crippen LogP contribution in [0.25, 0.3) is 0 Å². The highest BCUT2D eigenvalue weighted by atomic mass is 32.2. The fourth-order valence-corrected chi connectivity index (χ4v) is 4.54. The number of benzene rings is 2. The van der Waals surface area contributed by atoms with Crippen LogP contribution in [0.3, 0.4) is 0 Å². The second-order valence-corrected chi connectivity index (χ2v) is 8.77. The minimum atomic E-state index is -4.38.